The van der Waals surface area contributed by atoms with E-state index in [4.69, 9.17) is 4.74 Å². The van der Waals surface area contributed by atoms with Gasteiger partial charge in [0.25, 0.3) is 0 Å². The minimum absolute atomic E-state index is 0.224. The van der Waals surface area contributed by atoms with Crippen LogP contribution in [0.15, 0.2) is 34.6 Å². The van der Waals surface area contributed by atoms with Gasteiger partial charge in [0.05, 0.1) is 12.7 Å². The normalized spacial score (nSPS) is 25.2. The molecule has 0 spiro atoms. The smallest absolute Gasteiger partial charge is 0.335 e. The third-order valence-electron chi connectivity index (χ3n) is 8.45. The Morgan fingerprint density at radius 2 is 1.91 bits per heavy atom. The maximum atomic E-state index is 12.8. The van der Waals surface area contributed by atoms with Crippen molar-refractivity contribution in [2.45, 2.75) is 104 Å². The average molecular weight is 485 g/mol. The van der Waals surface area contributed by atoms with Crippen LogP contribution in [0, 0.1) is 11.8 Å². The number of ether oxygens (including phenoxy) is 1. The molecule has 1 atom stereocenters. The number of allylic oxidation sites excluding steroid dienone is 4. The highest BCUT2D eigenvalue weighted by Crippen LogP contribution is 2.33. The van der Waals surface area contributed by atoms with Crippen LogP contribution in [0.4, 0.5) is 0 Å². The molecule has 0 radical (unpaired) electrons. The fraction of sp³-hybridized carbons (Fsp3) is 0.733. The summed E-state index contributed by atoms with van der Waals surface area (Å²) in [5.41, 5.74) is 4.34. The molecule has 1 saturated heterocycles. The highest BCUT2D eigenvalue weighted by molar-refractivity contribution is 5.89. The maximum Gasteiger partial charge on any atom is 0.335 e. The molecule has 0 bridgehead atoms. The summed E-state index contributed by atoms with van der Waals surface area (Å²) >= 11 is 0. The maximum absolute atomic E-state index is 12.8. The zero-order valence-electron chi connectivity index (χ0n) is 22.9. The Labute approximate surface area is 213 Å². The van der Waals surface area contributed by atoms with Crippen molar-refractivity contribution in [2.75, 3.05) is 26.7 Å². The Kier molecular flexibility index (Phi) is 10.5. The van der Waals surface area contributed by atoms with E-state index in [1.807, 2.05) is 11.8 Å². The van der Waals surface area contributed by atoms with Crippen molar-refractivity contribution >= 4 is 11.9 Å². The quantitative estimate of drug-likeness (QED) is 0.204. The number of likely N-dealkylation sites (tertiary alicyclic amines) is 1. The second-order valence-electron chi connectivity index (χ2n) is 11.2. The number of carbonyl (C=O) groups excluding carboxylic acids is 2. The lowest BCUT2D eigenvalue weighted by molar-refractivity contribution is -0.136. The van der Waals surface area contributed by atoms with Crippen LogP contribution in [-0.4, -0.2) is 54.5 Å². The van der Waals surface area contributed by atoms with Crippen molar-refractivity contribution in [3.63, 3.8) is 0 Å². The average Bonchev–Trinajstić information content (AvgIpc) is 3.29. The summed E-state index contributed by atoms with van der Waals surface area (Å²) in [6.07, 6.45) is 17.0. The zero-order chi connectivity index (χ0) is 25.4. The predicted octanol–water partition coefficient (Wildman–Crippen LogP) is 6.41. The first-order valence-electron chi connectivity index (χ1n) is 14.0. The van der Waals surface area contributed by atoms with Crippen molar-refractivity contribution < 1.29 is 14.3 Å². The van der Waals surface area contributed by atoms with Gasteiger partial charge in [0.15, 0.2) is 0 Å². The molecule has 0 aromatic rings. The highest BCUT2D eigenvalue weighted by atomic mass is 16.5. The fourth-order valence-corrected chi connectivity index (χ4v) is 5.90. The van der Waals surface area contributed by atoms with Crippen LogP contribution in [0.3, 0.4) is 0 Å². The topological polar surface area (TPSA) is 49.9 Å². The molecule has 35 heavy (non-hydrogen) atoms. The molecular formula is C30H48N2O3. The molecule has 1 saturated carbocycles. The minimum atomic E-state index is -0.258. The summed E-state index contributed by atoms with van der Waals surface area (Å²) in [4.78, 5) is 29.5. The van der Waals surface area contributed by atoms with Crippen LogP contribution < -0.4 is 0 Å². The number of esters is 1. The minimum Gasteiger partial charge on any atom is -0.466 e. The molecule has 3 rings (SSSR count). The molecule has 2 aliphatic carbocycles. The number of amides is 1. The summed E-state index contributed by atoms with van der Waals surface area (Å²) in [5.74, 6) is 1.47. The Morgan fingerprint density at radius 3 is 2.51 bits per heavy atom. The number of carbonyl (C=O) groups is 2. The van der Waals surface area contributed by atoms with Crippen molar-refractivity contribution in [1.29, 1.82) is 0 Å². The van der Waals surface area contributed by atoms with Gasteiger partial charge >= 0.3 is 5.97 Å². The zero-order valence-corrected chi connectivity index (χ0v) is 22.9. The molecule has 1 aliphatic heterocycles. The second kappa shape index (κ2) is 13.3. The Morgan fingerprint density at radius 1 is 1.17 bits per heavy atom. The molecule has 0 aromatic heterocycles. The van der Waals surface area contributed by atoms with Gasteiger partial charge in [0.1, 0.15) is 0 Å². The fourth-order valence-electron chi connectivity index (χ4n) is 5.90. The van der Waals surface area contributed by atoms with Gasteiger partial charge in [0, 0.05) is 37.8 Å². The van der Waals surface area contributed by atoms with Gasteiger partial charge in [-0.3, -0.25) is 4.79 Å². The predicted molar refractivity (Wildman–Crippen MR) is 143 cm³/mol. The van der Waals surface area contributed by atoms with Gasteiger partial charge in [-0.1, -0.05) is 25.8 Å². The molecule has 0 aromatic carbocycles. The summed E-state index contributed by atoms with van der Waals surface area (Å²) in [7, 11) is 1.47. The Hall–Kier alpha value is -2.04. The second-order valence-corrected chi connectivity index (χ2v) is 11.2. The largest absolute Gasteiger partial charge is 0.466 e. The van der Waals surface area contributed by atoms with E-state index in [1.54, 1.807) is 0 Å². The molecule has 5 nitrogen and oxygen atoms in total. The standard InChI is InChI=1S/C30H48N2O3/c1-22-13-15-26(16-14-22)21-32(24(3)17-19-31-18-9-12-29(31)33)28(25(4)30(34)35-5)20-23(2)27-10-7-6-8-11-27/h10,20,22,24,26H,6-9,11-19,21H2,1-5H3/b23-20+,28-25-. The summed E-state index contributed by atoms with van der Waals surface area (Å²) in [5, 5.41) is 0. The Balaban J connectivity index is 1.91. The molecular weight excluding hydrogens is 436 g/mol. The van der Waals surface area contributed by atoms with Crippen molar-refractivity contribution in [3.05, 3.63) is 34.6 Å². The van der Waals surface area contributed by atoms with Gasteiger partial charge < -0.3 is 14.5 Å². The molecule has 0 N–H and O–H groups in total. The molecule has 2 fully saturated rings. The Bertz CT molecular complexity index is 833. The number of hydrogen-bond donors (Lipinski definition) is 0. The first kappa shape index (κ1) is 27.5. The SMILES string of the molecule is COC(=O)/C(C)=C(/C=C(\C)C1=CCCCC1)N(CC1CCC(C)CC1)C(C)CCN1CCCC1=O. The molecule has 5 heteroatoms. The van der Waals surface area contributed by atoms with E-state index < -0.39 is 0 Å². The van der Waals surface area contributed by atoms with Crippen LogP contribution in [0.2, 0.25) is 0 Å². The number of methoxy groups -OCH3 is 1. The third kappa shape index (κ3) is 7.72. The van der Waals surface area contributed by atoms with Gasteiger partial charge in [0.2, 0.25) is 5.91 Å². The van der Waals surface area contributed by atoms with Gasteiger partial charge in [-0.15, -0.1) is 0 Å². The van der Waals surface area contributed by atoms with Crippen LogP contribution in [0.25, 0.3) is 0 Å². The molecule has 1 heterocycles. The molecule has 1 unspecified atom stereocenters. The van der Waals surface area contributed by atoms with Crippen LogP contribution in [0.5, 0.6) is 0 Å². The summed E-state index contributed by atoms with van der Waals surface area (Å²) < 4.78 is 5.19. The van der Waals surface area contributed by atoms with Crippen molar-refractivity contribution in [2.24, 2.45) is 11.8 Å². The van der Waals surface area contributed by atoms with E-state index in [2.05, 4.69) is 37.8 Å². The monoisotopic (exact) mass is 484 g/mol. The number of hydrogen-bond acceptors (Lipinski definition) is 4. The van der Waals surface area contributed by atoms with E-state index >= 15 is 0 Å². The van der Waals surface area contributed by atoms with E-state index in [1.165, 1.54) is 56.8 Å². The van der Waals surface area contributed by atoms with Crippen molar-refractivity contribution in [1.82, 2.24) is 9.80 Å². The van der Waals surface area contributed by atoms with E-state index in [0.717, 1.165) is 56.9 Å². The first-order valence-corrected chi connectivity index (χ1v) is 14.0. The number of nitrogens with zero attached hydrogens (tertiary/aromatic N) is 2. The van der Waals surface area contributed by atoms with Gasteiger partial charge in [-0.05, 0) is 101 Å². The van der Waals surface area contributed by atoms with E-state index in [0.29, 0.717) is 17.9 Å². The van der Waals surface area contributed by atoms with Gasteiger partial charge in [-0.25, -0.2) is 4.79 Å². The molecule has 196 valence electrons. The lowest BCUT2D eigenvalue weighted by Gasteiger charge is -2.39. The third-order valence-corrected chi connectivity index (χ3v) is 8.45. The van der Waals surface area contributed by atoms with Gasteiger partial charge in [-0.2, -0.15) is 0 Å². The van der Waals surface area contributed by atoms with E-state index in [9.17, 15) is 9.59 Å². The highest BCUT2D eigenvalue weighted by Gasteiger charge is 2.28. The summed E-state index contributed by atoms with van der Waals surface area (Å²) in [6, 6.07) is 0.224. The van der Waals surface area contributed by atoms with Crippen molar-refractivity contribution in [3.8, 4) is 0 Å². The molecule has 3 aliphatic rings. The van der Waals surface area contributed by atoms with Crippen LogP contribution >= 0.6 is 0 Å². The van der Waals surface area contributed by atoms with Crippen LogP contribution in [0.1, 0.15) is 98.3 Å². The lowest BCUT2D eigenvalue weighted by Crippen LogP contribution is -2.40. The van der Waals surface area contributed by atoms with Crippen LogP contribution in [-0.2, 0) is 14.3 Å². The summed E-state index contributed by atoms with van der Waals surface area (Å²) in [6.45, 7) is 11.3. The first-order chi connectivity index (χ1) is 16.8. The lowest BCUT2D eigenvalue weighted by atomic mass is 9.82. The molecule has 1 amide bonds. The van der Waals surface area contributed by atoms with E-state index in [-0.39, 0.29) is 17.9 Å². The number of rotatable bonds is 10.